The molecule has 2 aromatic rings. The van der Waals surface area contributed by atoms with Crippen LogP contribution in [0.4, 0.5) is 5.69 Å². The lowest BCUT2D eigenvalue weighted by Crippen LogP contribution is -2.23. The second-order valence-corrected chi connectivity index (χ2v) is 12.8. The number of nitrogens with one attached hydrogen (secondary N) is 1. The maximum Gasteiger partial charge on any atom is 0.255 e. The summed E-state index contributed by atoms with van der Waals surface area (Å²) in [6.07, 6.45) is 0.0845. The molecule has 156 valence electrons. The maximum atomic E-state index is 12.8. The number of carbonyl (C=O) groups is 1. The first-order chi connectivity index (χ1) is 13.4. The Morgan fingerprint density at radius 3 is 2.28 bits per heavy atom. The molecule has 6 nitrogen and oxygen atoms in total. The van der Waals surface area contributed by atoms with Crippen molar-refractivity contribution in [2.24, 2.45) is 0 Å². The Hall–Kier alpha value is -2.19. The van der Waals surface area contributed by atoms with Gasteiger partial charge in [-0.25, -0.2) is 16.8 Å². The summed E-state index contributed by atoms with van der Waals surface area (Å²) in [5.74, 6) is -0.919. The molecule has 0 spiro atoms. The van der Waals surface area contributed by atoms with Crippen molar-refractivity contribution in [1.29, 1.82) is 0 Å². The quantitative estimate of drug-likeness (QED) is 0.795. The lowest BCUT2D eigenvalue weighted by atomic mass is 9.87. The van der Waals surface area contributed by atoms with Crippen LogP contribution in [-0.2, 0) is 25.1 Å². The maximum absolute atomic E-state index is 12.8. The Labute approximate surface area is 172 Å². The third-order valence-electron chi connectivity index (χ3n) is 5.06. The Morgan fingerprint density at radius 1 is 1.07 bits per heavy atom. The highest BCUT2D eigenvalue weighted by atomic mass is 32.2. The lowest BCUT2D eigenvalue weighted by molar-refractivity contribution is 0.102. The van der Waals surface area contributed by atoms with Crippen molar-refractivity contribution in [1.82, 2.24) is 0 Å². The highest BCUT2D eigenvalue weighted by Crippen LogP contribution is 2.27. The third-order valence-corrected chi connectivity index (χ3v) is 9.23. The van der Waals surface area contributed by atoms with Gasteiger partial charge in [-0.05, 0) is 47.7 Å². The number of anilines is 1. The molecule has 2 aromatic carbocycles. The van der Waals surface area contributed by atoms with Gasteiger partial charge in [0.05, 0.1) is 21.7 Å². The van der Waals surface area contributed by atoms with Crippen LogP contribution in [0, 0.1) is 0 Å². The van der Waals surface area contributed by atoms with Gasteiger partial charge in [-0.15, -0.1) is 0 Å². The average Bonchev–Trinajstić information content (AvgIpc) is 3.02. The Kier molecular flexibility index (Phi) is 5.62. The van der Waals surface area contributed by atoms with Gasteiger partial charge in [0.25, 0.3) is 5.91 Å². The first-order valence-corrected chi connectivity index (χ1v) is 12.7. The summed E-state index contributed by atoms with van der Waals surface area (Å²) in [5.41, 5.74) is 1.94. The van der Waals surface area contributed by atoms with Crippen LogP contribution >= 0.6 is 0 Å². The SMILES string of the molecule is CC(C)(C)c1ccc(NC(=O)c2cccc(S(=O)(=O)[C@@H]3CCS(=O)(=O)C3)c2)cc1. The van der Waals surface area contributed by atoms with Crippen molar-refractivity contribution < 1.29 is 21.6 Å². The molecule has 29 heavy (non-hydrogen) atoms. The van der Waals surface area contributed by atoms with E-state index in [-0.39, 0.29) is 33.8 Å². The number of rotatable bonds is 4. The van der Waals surface area contributed by atoms with E-state index >= 15 is 0 Å². The van der Waals surface area contributed by atoms with E-state index < -0.39 is 30.8 Å². The minimum Gasteiger partial charge on any atom is -0.322 e. The molecule has 1 aliphatic heterocycles. The third kappa shape index (κ3) is 4.87. The fourth-order valence-electron chi connectivity index (χ4n) is 3.27. The van der Waals surface area contributed by atoms with E-state index in [1.54, 1.807) is 0 Å². The highest BCUT2D eigenvalue weighted by Gasteiger charge is 2.38. The van der Waals surface area contributed by atoms with Crippen LogP contribution < -0.4 is 5.32 Å². The van der Waals surface area contributed by atoms with E-state index in [0.717, 1.165) is 5.56 Å². The summed E-state index contributed by atoms with van der Waals surface area (Å²) in [7, 11) is -7.15. The van der Waals surface area contributed by atoms with E-state index in [2.05, 4.69) is 26.1 Å². The van der Waals surface area contributed by atoms with E-state index in [4.69, 9.17) is 0 Å². The molecular formula is C21H25NO5S2. The van der Waals surface area contributed by atoms with E-state index in [9.17, 15) is 21.6 Å². The topological polar surface area (TPSA) is 97.4 Å². The van der Waals surface area contributed by atoms with Crippen molar-refractivity contribution in [3.63, 3.8) is 0 Å². The Balaban J connectivity index is 1.79. The molecule has 8 heteroatoms. The molecule has 0 aliphatic carbocycles. The summed E-state index contributed by atoms with van der Waals surface area (Å²) in [5, 5.41) is 1.81. The zero-order valence-corrected chi connectivity index (χ0v) is 18.3. The number of hydrogen-bond acceptors (Lipinski definition) is 5. The van der Waals surface area contributed by atoms with Crippen LogP contribution in [0.2, 0.25) is 0 Å². The summed E-state index contributed by atoms with van der Waals surface area (Å²) in [4.78, 5) is 12.6. The number of benzene rings is 2. The van der Waals surface area contributed by atoms with Crippen LogP contribution in [0.3, 0.4) is 0 Å². The molecule has 1 fully saturated rings. The van der Waals surface area contributed by atoms with Crippen molar-refractivity contribution in [2.75, 3.05) is 16.8 Å². The van der Waals surface area contributed by atoms with Gasteiger partial charge in [0.1, 0.15) is 0 Å². The summed E-state index contributed by atoms with van der Waals surface area (Å²) >= 11 is 0. The zero-order chi connectivity index (χ0) is 21.4. The van der Waals surface area contributed by atoms with Gasteiger partial charge in [-0.1, -0.05) is 39.0 Å². The summed E-state index contributed by atoms with van der Waals surface area (Å²) in [6, 6.07) is 13.2. The predicted molar refractivity (Wildman–Crippen MR) is 114 cm³/mol. The second-order valence-electron chi connectivity index (χ2n) is 8.38. The number of hydrogen-bond donors (Lipinski definition) is 1. The van der Waals surface area contributed by atoms with Crippen molar-refractivity contribution in [3.8, 4) is 0 Å². The molecule has 3 rings (SSSR count). The molecule has 1 atom stereocenters. The van der Waals surface area contributed by atoms with Crippen LogP contribution in [-0.4, -0.2) is 39.5 Å². The molecule has 1 heterocycles. The summed E-state index contributed by atoms with van der Waals surface area (Å²) in [6.45, 7) is 6.30. The van der Waals surface area contributed by atoms with Crippen LogP contribution in [0.1, 0.15) is 43.1 Å². The van der Waals surface area contributed by atoms with E-state index in [1.807, 2.05) is 24.3 Å². The van der Waals surface area contributed by atoms with Crippen LogP contribution in [0.15, 0.2) is 53.4 Å². The monoisotopic (exact) mass is 435 g/mol. The molecule has 1 amide bonds. The zero-order valence-electron chi connectivity index (χ0n) is 16.7. The normalized spacial score (nSPS) is 19.1. The Bertz CT molecular complexity index is 1130. The first-order valence-electron chi connectivity index (χ1n) is 9.35. The number of sulfone groups is 2. The van der Waals surface area contributed by atoms with Gasteiger partial charge in [0.15, 0.2) is 19.7 Å². The minimum atomic E-state index is -3.82. The smallest absolute Gasteiger partial charge is 0.255 e. The molecule has 0 unspecified atom stereocenters. The van der Waals surface area contributed by atoms with E-state index in [0.29, 0.717) is 5.69 Å². The van der Waals surface area contributed by atoms with Crippen LogP contribution in [0.5, 0.6) is 0 Å². The van der Waals surface area contributed by atoms with Gasteiger partial charge < -0.3 is 5.32 Å². The van der Waals surface area contributed by atoms with Crippen molar-refractivity contribution in [2.45, 2.75) is 42.8 Å². The number of amides is 1. The van der Waals surface area contributed by atoms with Gasteiger partial charge in [0, 0.05) is 11.3 Å². The molecule has 0 bridgehead atoms. The minimum absolute atomic E-state index is 0.00104. The van der Waals surface area contributed by atoms with Gasteiger partial charge in [0.2, 0.25) is 0 Å². The molecule has 0 saturated carbocycles. The Morgan fingerprint density at radius 2 is 1.72 bits per heavy atom. The standard InChI is InChI=1S/C21H25NO5S2/c1-21(2,3)16-7-9-17(10-8-16)22-20(23)15-5-4-6-18(13-15)29(26,27)19-11-12-28(24,25)14-19/h4-10,13,19H,11-12,14H2,1-3H3,(H,22,23)/t19-/m1/s1. The fourth-order valence-corrected chi connectivity index (χ4v) is 7.67. The average molecular weight is 436 g/mol. The second kappa shape index (κ2) is 7.57. The van der Waals surface area contributed by atoms with Crippen molar-refractivity contribution >= 4 is 31.3 Å². The van der Waals surface area contributed by atoms with Gasteiger partial charge in [-0.2, -0.15) is 0 Å². The predicted octanol–water partition coefficient (Wildman–Crippen LogP) is 3.20. The fraction of sp³-hybridized carbons (Fsp3) is 0.381. The van der Waals surface area contributed by atoms with Crippen molar-refractivity contribution in [3.05, 3.63) is 59.7 Å². The molecule has 1 aliphatic rings. The molecule has 1 saturated heterocycles. The van der Waals surface area contributed by atoms with E-state index in [1.165, 1.54) is 24.3 Å². The van der Waals surface area contributed by atoms with Gasteiger partial charge in [-0.3, -0.25) is 4.79 Å². The molecule has 0 radical (unpaired) electrons. The van der Waals surface area contributed by atoms with Gasteiger partial charge >= 0.3 is 0 Å². The first kappa shape index (κ1) is 21.5. The molecule has 0 aromatic heterocycles. The summed E-state index contributed by atoms with van der Waals surface area (Å²) < 4.78 is 48.9. The lowest BCUT2D eigenvalue weighted by Gasteiger charge is -2.19. The van der Waals surface area contributed by atoms with Crippen LogP contribution in [0.25, 0.3) is 0 Å². The molecule has 1 N–H and O–H groups in total. The highest BCUT2D eigenvalue weighted by molar-refractivity contribution is 7.96. The molecular weight excluding hydrogens is 410 g/mol. The largest absolute Gasteiger partial charge is 0.322 e. The number of carbonyl (C=O) groups excluding carboxylic acids is 1.